The van der Waals surface area contributed by atoms with Gasteiger partial charge in [-0.05, 0) is 24.6 Å². The number of aliphatic carboxylic acids is 1. The molecular formula is C13H12ClN3O3. The lowest BCUT2D eigenvalue weighted by atomic mass is 10.1. The van der Waals surface area contributed by atoms with Gasteiger partial charge in [-0.25, -0.2) is 0 Å². The average molecular weight is 294 g/mol. The largest absolute Gasteiger partial charge is 0.480 e. The fourth-order valence-electron chi connectivity index (χ4n) is 1.71. The van der Waals surface area contributed by atoms with Gasteiger partial charge in [0.05, 0.1) is 11.9 Å². The molecular weight excluding hydrogens is 282 g/mol. The summed E-state index contributed by atoms with van der Waals surface area (Å²) in [7, 11) is 0. The van der Waals surface area contributed by atoms with Crippen LogP contribution in [-0.2, 0) is 11.3 Å². The van der Waals surface area contributed by atoms with Gasteiger partial charge in [0.1, 0.15) is 6.54 Å². The third-order valence-corrected chi connectivity index (χ3v) is 3.11. The summed E-state index contributed by atoms with van der Waals surface area (Å²) in [6.45, 7) is 1.50. The summed E-state index contributed by atoms with van der Waals surface area (Å²) in [4.78, 5) is 22.6. The number of nitrogens with zero attached hydrogens (tertiary/aromatic N) is 2. The number of nitrogens with one attached hydrogen (secondary N) is 1. The fraction of sp³-hybridized carbons (Fsp3) is 0.154. The lowest BCUT2D eigenvalue weighted by Crippen LogP contribution is -2.13. The monoisotopic (exact) mass is 293 g/mol. The Morgan fingerprint density at radius 2 is 2.20 bits per heavy atom. The molecule has 0 aliphatic rings. The van der Waals surface area contributed by atoms with E-state index < -0.39 is 5.97 Å². The lowest BCUT2D eigenvalue weighted by molar-refractivity contribution is -0.137. The number of benzene rings is 1. The summed E-state index contributed by atoms with van der Waals surface area (Å²) in [5, 5.41) is 15.6. The molecule has 20 heavy (non-hydrogen) atoms. The molecule has 0 saturated carbocycles. The molecule has 6 nitrogen and oxygen atoms in total. The molecule has 2 N–H and O–H groups in total. The normalized spacial score (nSPS) is 10.3. The first-order valence-corrected chi connectivity index (χ1v) is 6.16. The molecule has 0 fully saturated rings. The van der Waals surface area contributed by atoms with Crippen LogP contribution in [0.3, 0.4) is 0 Å². The number of hydrogen-bond donors (Lipinski definition) is 2. The maximum Gasteiger partial charge on any atom is 0.325 e. The number of amides is 1. The predicted molar refractivity (Wildman–Crippen MR) is 74.0 cm³/mol. The Labute approximate surface area is 120 Å². The van der Waals surface area contributed by atoms with Crippen LogP contribution in [0.15, 0.2) is 30.6 Å². The van der Waals surface area contributed by atoms with Gasteiger partial charge in [-0.15, -0.1) is 0 Å². The van der Waals surface area contributed by atoms with Crippen LogP contribution in [0, 0.1) is 6.92 Å². The van der Waals surface area contributed by atoms with Crippen molar-refractivity contribution in [3.05, 3.63) is 46.7 Å². The highest BCUT2D eigenvalue weighted by Gasteiger charge is 2.12. The molecule has 2 aromatic rings. The van der Waals surface area contributed by atoms with E-state index in [0.29, 0.717) is 21.8 Å². The van der Waals surface area contributed by atoms with E-state index in [-0.39, 0.29) is 12.5 Å². The highest BCUT2D eigenvalue weighted by Crippen LogP contribution is 2.19. The number of hydrogen-bond acceptors (Lipinski definition) is 3. The molecule has 2 rings (SSSR count). The Morgan fingerprint density at radius 1 is 1.45 bits per heavy atom. The standard InChI is InChI=1S/C13H12ClN3O3/c1-8-10(3-2-4-11(8)14)13(20)16-9-5-15-17(6-9)7-12(18)19/h2-6H,7H2,1H3,(H,16,20)(H,18,19). The van der Waals surface area contributed by atoms with Crippen LogP contribution in [0.25, 0.3) is 0 Å². The van der Waals surface area contributed by atoms with Gasteiger partial charge in [-0.1, -0.05) is 17.7 Å². The molecule has 0 aliphatic carbocycles. The summed E-state index contributed by atoms with van der Waals surface area (Å²) < 4.78 is 1.22. The van der Waals surface area contributed by atoms with Crippen LogP contribution >= 0.6 is 11.6 Å². The molecule has 1 aromatic carbocycles. The second-order valence-corrected chi connectivity index (χ2v) is 4.59. The average Bonchev–Trinajstić information content (AvgIpc) is 2.79. The second-order valence-electron chi connectivity index (χ2n) is 4.19. The number of halogens is 1. The lowest BCUT2D eigenvalue weighted by Gasteiger charge is -2.06. The van der Waals surface area contributed by atoms with Gasteiger partial charge in [0.25, 0.3) is 5.91 Å². The zero-order valence-corrected chi connectivity index (χ0v) is 11.4. The van der Waals surface area contributed by atoms with Crippen molar-refractivity contribution in [2.24, 2.45) is 0 Å². The van der Waals surface area contributed by atoms with Crippen LogP contribution in [0.2, 0.25) is 5.02 Å². The topological polar surface area (TPSA) is 84.2 Å². The number of carboxylic acids is 1. The summed E-state index contributed by atoms with van der Waals surface area (Å²) >= 11 is 5.96. The Bertz CT molecular complexity index is 667. The van der Waals surface area contributed by atoms with Crippen LogP contribution in [-0.4, -0.2) is 26.8 Å². The maximum atomic E-state index is 12.1. The molecule has 1 amide bonds. The Morgan fingerprint density at radius 3 is 2.90 bits per heavy atom. The summed E-state index contributed by atoms with van der Waals surface area (Å²) in [5.74, 6) is -1.32. The quantitative estimate of drug-likeness (QED) is 0.905. The van der Waals surface area contributed by atoms with E-state index in [9.17, 15) is 9.59 Å². The van der Waals surface area contributed by atoms with Crippen molar-refractivity contribution < 1.29 is 14.7 Å². The van der Waals surface area contributed by atoms with Gasteiger partial charge in [0.2, 0.25) is 0 Å². The number of anilines is 1. The molecule has 1 aromatic heterocycles. The predicted octanol–water partition coefficient (Wildman–Crippen LogP) is 2.18. The maximum absolute atomic E-state index is 12.1. The van der Waals surface area contributed by atoms with Crippen molar-refractivity contribution in [3.63, 3.8) is 0 Å². The SMILES string of the molecule is Cc1c(Cl)cccc1C(=O)Nc1cnn(CC(=O)O)c1. The summed E-state index contributed by atoms with van der Waals surface area (Å²) in [5.41, 5.74) is 1.57. The van der Waals surface area contributed by atoms with Crippen LogP contribution in [0.5, 0.6) is 0 Å². The minimum Gasteiger partial charge on any atom is -0.480 e. The summed E-state index contributed by atoms with van der Waals surface area (Å²) in [6, 6.07) is 5.06. The van der Waals surface area contributed by atoms with Crippen molar-refractivity contribution in [2.75, 3.05) is 5.32 Å². The molecule has 0 spiro atoms. The molecule has 104 valence electrons. The van der Waals surface area contributed by atoms with Crippen LogP contribution < -0.4 is 5.32 Å². The van der Waals surface area contributed by atoms with E-state index in [4.69, 9.17) is 16.7 Å². The zero-order valence-electron chi connectivity index (χ0n) is 10.6. The molecule has 0 atom stereocenters. The molecule has 0 bridgehead atoms. The Balaban J connectivity index is 2.13. The third kappa shape index (κ3) is 3.16. The molecule has 0 unspecified atom stereocenters. The second kappa shape index (κ2) is 5.75. The molecule has 0 saturated heterocycles. The minimum atomic E-state index is -1.00. The number of rotatable bonds is 4. The van der Waals surface area contributed by atoms with Crippen LogP contribution in [0.4, 0.5) is 5.69 Å². The van der Waals surface area contributed by atoms with Gasteiger partial charge in [-0.3, -0.25) is 14.3 Å². The number of aromatic nitrogens is 2. The van der Waals surface area contributed by atoms with Crippen molar-refractivity contribution >= 4 is 29.2 Å². The molecule has 0 radical (unpaired) electrons. The van der Waals surface area contributed by atoms with Crippen LogP contribution in [0.1, 0.15) is 15.9 Å². The van der Waals surface area contributed by atoms with Crippen molar-refractivity contribution in [1.82, 2.24) is 9.78 Å². The van der Waals surface area contributed by atoms with E-state index in [1.807, 2.05) is 0 Å². The summed E-state index contributed by atoms with van der Waals surface area (Å²) in [6.07, 6.45) is 2.84. The Hall–Kier alpha value is -2.34. The fourth-order valence-corrected chi connectivity index (χ4v) is 1.88. The number of carboxylic acid groups (broad SMARTS) is 1. The van der Waals surface area contributed by atoms with E-state index in [2.05, 4.69) is 10.4 Å². The van der Waals surface area contributed by atoms with Gasteiger partial charge >= 0.3 is 5.97 Å². The third-order valence-electron chi connectivity index (χ3n) is 2.70. The smallest absolute Gasteiger partial charge is 0.325 e. The Kier molecular flexibility index (Phi) is 4.05. The van der Waals surface area contributed by atoms with Crippen molar-refractivity contribution in [1.29, 1.82) is 0 Å². The number of carbonyl (C=O) groups is 2. The minimum absolute atomic E-state index is 0.258. The van der Waals surface area contributed by atoms with E-state index in [0.717, 1.165) is 0 Å². The first-order valence-electron chi connectivity index (χ1n) is 5.78. The van der Waals surface area contributed by atoms with E-state index in [1.54, 1.807) is 25.1 Å². The number of carbonyl (C=O) groups excluding carboxylic acids is 1. The van der Waals surface area contributed by atoms with Gasteiger partial charge in [0, 0.05) is 16.8 Å². The van der Waals surface area contributed by atoms with Gasteiger partial charge in [-0.2, -0.15) is 5.10 Å². The molecule has 0 aliphatic heterocycles. The van der Waals surface area contributed by atoms with E-state index >= 15 is 0 Å². The van der Waals surface area contributed by atoms with Gasteiger partial charge < -0.3 is 10.4 Å². The first-order chi connectivity index (χ1) is 9.47. The molecule has 7 heteroatoms. The van der Waals surface area contributed by atoms with Crippen molar-refractivity contribution in [2.45, 2.75) is 13.5 Å². The first kappa shape index (κ1) is 14.1. The highest BCUT2D eigenvalue weighted by molar-refractivity contribution is 6.32. The van der Waals surface area contributed by atoms with Crippen molar-refractivity contribution in [3.8, 4) is 0 Å². The molecule has 1 heterocycles. The highest BCUT2D eigenvalue weighted by atomic mass is 35.5. The van der Waals surface area contributed by atoms with Gasteiger partial charge in [0.15, 0.2) is 0 Å². The van der Waals surface area contributed by atoms with E-state index in [1.165, 1.54) is 17.1 Å². The zero-order chi connectivity index (χ0) is 14.7.